The second kappa shape index (κ2) is 10.3. The van der Waals surface area contributed by atoms with E-state index in [4.69, 9.17) is 21.3 Å². The van der Waals surface area contributed by atoms with E-state index < -0.39 is 0 Å². The fourth-order valence-electron chi connectivity index (χ4n) is 4.24. The Balaban J connectivity index is 1.73. The van der Waals surface area contributed by atoms with Crippen LogP contribution in [0.15, 0.2) is 29.3 Å². The van der Waals surface area contributed by atoms with Gasteiger partial charge in [-0.15, -0.1) is 0 Å². The molecule has 2 aliphatic rings. The van der Waals surface area contributed by atoms with Gasteiger partial charge in [0.25, 0.3) is 0 Å². The summed E-state index contributed by atoms with van der Waals surface area (Å²) >= 11 is 6.56. The molecular weight excluding hydrogens is 388 g/mol. The number of likely N-dealkylation sites (tertiary alicyclic amines) is 1. The summed E-state index contributed by atoms with van der Waals surface area (Å²) in [4.78, 5) is 18.9. The van der Waals surface area contributed by atoms with Gasteiger partial charge in [-0.05, 0) is 37.8 Å². The molecule has 2 fully saturated rings. The lowest BCUT2D eigenvalue weighted by molar-refractivity contribution is -0.129. The number of nitrogens with one attached hydrogen (secondary N) is 2. The largest absolute Gasteiger partial charge is 0.381 e. The Morgan fingerprint density at radius 3 is 2.76 bits per heavy atom. The van der Waals surface area contributed by atoms with Crippen molar-refractivity contribution in [2.75, 3.05) is 39.4 Å². The van der Waals surface area contributed by atoms with Crippen LogP contribution in [-0.4, -0.2) is 62.2 Å². The molecule has 0 aromatic heterocycles. The van der Waals surface area contributed by atoms with Crippen LogP contribution in [0.3, 0.4) is 0 Å². The standard InChI is InChI=1S/C22H33ClN4O2/c1-3-20(28)27-12-9-17(15-27)26-21(24-4-2)25-16-22(10-13-29-14-11-22)18-7-5-6-8-19(18)23/h5-8,17H,3-4,9-16H2,1-2H3,(H2,24,25,26). The molecule has 1 aromatic rings. The highest BCUT2D eigenvalue weighted by Crippen LogP contribution is 2.38. The van der Waals surface area contributed by atoms with Crippen LogP contribution in [0.5, 0.6) is 0 Å². The van der Waals surface area contributed by atoms with Gasteiger partial charge >= 0.3 is 0 Å². The Bertz CT molecular complexity index is 719. The lowest BCUT2D eigenvalue weighted by Crippen LogP contribution is -2.46. The highest BCUT2D eigenvalue weighted by Gasteiger charge is 2.36. The van der Waals surface area contributed by atoms with E-state index in [0.29, 0.717) is 13.0 Å². The van der Waals surface area contributed by atoms with Crippen LogP contribution in [0.1, 0.15) is 45.1 Å². The zero-order valence-electron chi connectivity index (χ0n) is 17.5. The molecule has 1 unspecified atom stereocenters. The first kappa shape index (κ1) is 21.9. The van der Waals surface area contributed by atoms with Crippen molar-refractivity contribution in [2.45, 2.75) is 51.0 Å². The van der Waals surface area contributed by atoms with E-state index >= 15 is 0 Å². The number of benzene rings is 1. The first-order valence-electron chi connectivity index (χ1n) is 10.7. The van der Waals surface area contributed by atoms with Gasteiger partial charge < -0.3 is 20.3 Å². The zero-order chi connectivity index (χ0) is 20.7. The molecule has 2 saturated heterocycles. The minimum Gasteiger partial charge on any atom is -0.381 e. The van der Waals surface area contributed by atoms with E-state index in [1.165, 1.54) is 0 Å². The number of halogens is 1. The van der Waals surface area contributed by atoms with Crippen molar-refractivity contribution >= 4 is 23.5 Å². The number of guanidine groups is 1. The number of aliphatic imine (C=N–C) groups is 1. The van der Waals surface area contributed by atoms with Crippen molar-refractivity contribution in [3.05, 3.63) is 34.9 Å². The van der Waals surface area contributed by atoms with E-state index in [1.807, 2.05) is 30.0 Å². The van der Waals surface area contributed by atoms with Crippen LogP contribution >= 0.6 is 11.6 Å². The maximum absolute atomic E-state index is 12.0. The summed E-state index contributed by atoms with van der Waals surface area (Å²) in [6, 6.07) is 8.32. The van der Waals surface area contributed by atoms with Gasteiger partial charge in [0.1, 0.15) is 0 Å². The van der Waals surface area contributed by atoms with Crippen LogP contribution < -0.4 is 10.6 Å². The van der Waals surface area contributed by atoms with E-state index in [2.05, 4.69) is 23.6 Å². The van der Waals surface area contributed by atoms with E-state index in [1.54, 1.807) is 0 Å². The maximum atomic E-state index is 12.0. The van der Waals surface area contributed by atoms with E-state index in [9.17, 15) is 4.79 Å². The number of amides is 1. The second-order valence-corrected chi connectivity index (χ2v) is 8.30. The molecule has 0 aliphatic carbocycles. The molecule has 2 N–H and O–H groups in total. The van der Waals surface area contributed by atoms with Gasteiger partial charge in [-0.1, -0.05) is 36.7 Å². The normalized spacial score (nSPS) is 21.8. The highest BCUT2D eigenvalue weighted by molar-refractivity contribution is 6.31. The average molecular weight is 421 g/mol. The molecular formula is C22H33ClN4O2. The molecule has 0 radical (unpaired) electrons. The average Bonchev–Trinajstić information content (AvgIpc) is 3.21. The predicted octanol–water partition coefficient (Wildman–Crippen LogP) is 2.95. The van der Waals surface area contributed by atoms with Gasteiger partial charge in [-0.3, -0.25) is 9.79 Å². The minimum absolute atomic E-state index is 0.112. The molecule has 1 atom stereocenters. The van der Waals surface area contributed by atoms with Gasteiger partial charge in [-0.25, -0.2) is 0 Å². The minimum atomic E-state index is -0.112. The summed E-state index contributed by atoms with van der Waals surface area (Å²) in [7, 11) is 0. The van der Waals surface area contributed by atoms with Crippen molar-refractivity contribution in [1.29, 1.82) is 0 Å². The Kier molecular flexibility index (Phi) is 7.78. The fraction of sp³-hybridized carbons (Fsp3) is 0.636. The molecule has 1 amide bonds. The SMILES string of the molecule is CCNC(=NCC1(c2ccccc2Cl)CCOCC1)NC1CCN(C(=O)CC)C1. The smallest absolute Gasteiger partial charge is 0.222 e. The number of carbonyl (C=O) groups is 1. The van der Waals surface area contributed by atoms with Crippen LogP contribution in [0.2, 0.25) is 5.02 Å². The lowest BCUT2D eigenvalue weighted by Gasteiger charge is -2.37. The molecule has 6 nitrogen and oxygen atoms in total. The van der Waals surface area contributed by atoms with Crippen molar-refractivity contribution < 1.29 is 9.53 Å². The summed E-state index contributed by atoms with van der Waals surface area (Å²) in [6.45, 7) is 8.42. The predicted molar refractivity (Wildman–Crippen MR) is 118 cm³/mol. The summed E-state index contributed by atoms with van der Waals surface area (Å²) in [5, 5.41) is 7.69. The van der Waals surface area contributed by atoms with Crippen LogP contribution in [-0.2, 0) is 14.9 Å². The quantitative estimate of drug-likeness (QED) is 0.548. The van der Waals surface area contributed by atoms with Crippen molar-refractivity contribution in [1.82, 2.24) is 15.5 Å². The van der Waals surface area contributed by atoms with Gasteiger partial charge in [-0.2, -0.15) is 0 Å². The Labute approximate surface area is 179 Å². The van der Waals surface area contributed by atoms with Gasteiger partial charge in [0, 0.05) is 55.7 Å². The maximum Gasteiger partial charge on any atom is 0.222 e. The highest BCUT2D eigenvalue weighted by atomic mass is 35.5. The fourth-order valence-corrected chi connectivity index (χ4v) is 4.57. The molecule has 2 heterocycles. The van der Waals surface area contributed by atoms with Gasteiger partial charge in [0.15, 0.2) is 5.96 Å². The topological polar surface area (TPSA) is 66.0 Å². The van der Waals surface area contributed by atoms with Crippen molar-refractivity contribution in [3.8, 4) is 0 Å². The van der Waals surface area contributed by atoms with Crippen LogP contribution in [0.4, 0.5) is 0 Å². The number of nitrogens with zero attached hydrogens (tertiary/aromatic N) is 2. The van der Waals surface area contributed by atoms with Crippen LogP contribution in [0, 0.1) is 0 Å². The van der Waals surface area contributed by atoms with E-state index in [-0.39, 0.29) is 17.4 Å². The molecule has 0 saturated carbocycles. The number of ether oxygens (including phenoxy) is 1. The molecule has 160 valence electrons. The second-order valence-electron chi connectivity index (χ2n) is 7.89. The molecule has 29 heavy (non-hydrogen) atoms. The molecule has 0 spiro atoms. The molecule has 1 aromatic carbocycles. The molecule has 0 bridgehead atoms. The third-order valence-electron chi connectivity index (χ3n) is 5.96. The molecule has 2 aliphatic heterocycles. The van der Waals surface area contributed by atoms with Crippen LogP contribution in [0.25, 0.3) is 0 Å². The number of hydrogen-bond acceptors (Lipinski definition) is 3. The Morgan fingerprint density at radius 1 is 1.31 bits per heavy atom. The summed E-state index contributed by atoms with van der Waals surface area (Å²) in [6.07, 6.45) is 3.31. The third kappa shape index (κ3) is 5.43. The summed E-state index contributed by atoms with van der Waals surface area (Å²) < 4.78 is 5.63. The Hall–Kier alpha value is -1.79. The van der Waals surface area contributed by atoms with E-state index in [0.717, 1.165) is 68.7 Å². The number of carbonyl (C=O) groups excluding carboxylic acids is 1. The lowest BCUT2D eigenvalue weighted by atomic mass is 9.74. The van der Waals surface area contributed by atoms with Crippen molar-refractivity contribution in [3.63, 3.8) is 0 Å². The van der Waals surface area contributed by atoms with Gasteiger partial charge in [0.2, 0.25) is 5.91 Å². The number of rotatable bonds is 6. The molecule has 3 rings (SSSR count). The summed E-state index contributed by atoms with van der Waals surface area (Å²) in [5.74, 6) is 1.03. The monoisotopic (exact) mass is 420 g/mol. The first-order chi connectivity index (χ1) is 14.1. The zero-order valence-corrected chi connectivity index (χ0v) is 18.3. The summed E-state index contributed by atoms with van der Waals surface area (Å²) in [5.41, 5.74) is 1.05. The van der Waals surface area contributed by atoms with Crippen molar-refractivity contribution in [2.24, 2.45) is 4.99 Å². The number of hydrogen-bond donors (Lipinski definition) is 2. The van der Waals surface area contributed by atoms with Gasteiger partial charge in [0.05, 0.1) is 6.54 Å². The third-order valence-corrected chi connectivity index (χ3v) is 6.29. The Morgan fingerprint density at radius 2 is 2.07 bits per heavy atom. The molecule has 7 heteroatoms. The first-order valence-corrected chi connectivity index (χ1v) is 11.1.